The highest BCUT2D eigenvalue weighted by Crippen LogP contribution is 2.33. The minimum Gasteiger partial charge on any atom is -0.507 e. The van der Waals surface area contributed by atoms with Crippen LogP contribution in [0.25, 0.3) is 11.0 Å². The van der Waals surface area contributed by atoms with Gasteiger partial charge < -0.3 is 14.6 Å². The quantitative estimate of drug-likeness (QED) is 0.268. The highest BCUT2D eigenvalue weighted by atomic mass is 79.9. The number of benzene rings is 2. The van der Waals surface area contributed by atoms with Crippen LogP contribution in [0.2, 0.25) is 0 Å². The molecule has 3 rings (SSSR count). The van der Waals surface area contributed by atoms with Gasteiger partial charge in [0, 0.05) is 27.6 Å². The molecule has 1 aromatic heterocycles. The summed E-state index contributed by atoms with van der Waals surface area (Å²) < 4.78 is 6.99. The minimum atomic E-state index is -0.797. The zero-order chi connectivity index (χ0) is 20.6. The first-order valence-electron chi connectivity index (χ1n) is 7.61. The molecule has 0 unspecified atom stereocenters. The topological polar surface area (TPSA) is 138 Å². The highest BCUT2D eigenvalue weighted by Gasteiger charge is 2.19. The summed E-state index contributed by atoms with van der Waals surface area (Å²) in [5.41, 5.74) is 2.24. The number of hydrogen-bond donors (Lipinski definition) is 3. The van der Waals surface area contributed by atoms with E-state index in [1.165, 1.54) is 13.0 Å². The zero-order valence-corrected chi connectivity index (χ0v) is 17.2. The summed E-state index contributed by atoms with van der Waals surface area (Å²) in [6.45, 7) is 1.43. The lowest BCUT2D eigenvalue weighted by molar-refractivity contribution is -0.385. The number of carbonyl (C=O) groups excluding carboxylic acids is 1. The predicted molar refractivity (Wildman–Crippen MR) is 108 cm³/mol. The molecule has 2 aromatic carbocycles. The summed E-state index contributed by atoms with van der Waals surface area (Å²) in [4.78, 5) is 22.4. The molecule has 3 N–H and O–H groups in total. The molecule has 0 radical (unpaired) electrons. The average molecular weight is 513 g/mol. The molecule has 9 nitrogen and oxygen atoms in total. The number of phenols is 2. The Kier molecular flexibility index (Phi) is 5.38. The zero-order valence-electron chi connectivity index (χ0n) is 14.1. The van der Waals surface area contributed by atoms with Gasteiger partial charge in [0.05, 0.1) is 15.1 Å². The van der Waals surface area contributed by atoms with Gasteiger partial charge in [-0.15, -0.1) is 0 Å². The van der Waals surface area contributed by atoms with Gasteiger partial charge in [-0.05, 0) is 41.1 Å². The maximum atomic E-state index is 12.3. The van der Waals surface area contributed by atoms with Crippen molar-refractivity contribution in [3.8, 4) is 11.5 Å². The van der Waals surface area contributed by atoms with Gasteiger partial charge in [-0.3, -0.25) is 14.9 Å². The van der Waals surface area contributed by atoms with Gasteiger partial charge >= 0.3 is 11.6 Å². The highest BCUT2D eigenvalue weighted by molar-refractivity contribution is 9.11. The van der Waals surface area contributed by atoms with E-state index in [9.17, 15) is 25.1 Å². The molecule has 0 aliphatic carbocycles. The number of rotatable bonds is 4. The number of aromatic hydroxyl groups is 2. The van der Waals surface area contributed by atoms with E-state index >= 15 is 0 Å². The van der Waals surface area contributed by atoms with Crippen molar-refractivity contribution < 1.29 is 24.3 Å². The van der Waals surface area contributed by atoms with Crippen LogP contribution in [0.15, 0.2) is 48.8 Å². The molecule has 11 heteroatoms. The van der Waals surface area contributed by atoms with Crippen LogP contribution in [0, 0.1) is 10.1 Å². The molecular weight excluding hydrogens is 502 g/mol. The molecule has 1 amide bonds. The summed E-state index contributed by atoms with van der Waals surface area (Å²) in [5, 5.41) is 34.9. The van der Waals surface area contributed by atoms with Crippen molar-refractivity contribution in [1.29, 1.82) is 0 Å². The Labute approximate surface area is 174 Å². The van der Waals surface area contributed by atoms with Gasteiger partial charge in [0.1, 0.15) is 11.3 Å². The monoisotopic (exact) mass is 511 g/mol. The number of amides is 1. The Bertz CT molecular complexity index is 1160. The Morgan fingerprint density at radius 2 is 1.89 bits per heavy atom. The van der Waals surface area contributed by atoms with E-state index in [1.807, 2.05) is 0 Å². The largest absolute Gasteiger partial charge is 0.507 e. The molecule has 0 saturated carbocycles. The fraction of sp³-hybridized carbons (Fsp3) is 0.0588. The molecule has 0 atom stereocenters. The van der Waals surface area contributed by atoms with E-state index in [-0.39, 0.29) is 17.0 Å². The second kappa shape index (κ2) is 7.60. The van der Waals surface area contributed by atoms with Crippen LogP contribution in [0.3, 0.4) is 0 Å². The van der Waals surface area contributed by atoms with E-state index in [4.69, 9.17) is 4.42 Å². The molecule has 1 heterocycles. The predicted octanol–water partition coefficient (Wildman–Crippen LogP) is 4.43. The van der Waals surface area contributed by atoms with Gasteiger partial charge in [-0.1, -0.05) is 15.9 Å². The number of furan rings is 1. The summed E-state index contributed by atoms with van der Waals surface area (Å²) in [5.74, 6) is -1.74. The van der Waals surface area contributed by atoms with Crippen LogP contribution in [-0.2, 0) is 0 Å². The standard InChI is InChI=1S/C17H11Br2N3O6/c1-7(10-5-12(22(26)27)14(24)6-13(10)23)20-21-17(25)15-3-8-2-9(18)4-11(19)16(8)28-15/h2-6,23-24H,1H3,(H,21,25)/b20-7+. The summed E-state index contributed by atoms with van der Waals surface area (Å²) in [6.07, 6.45) is 0. The van der Waals surface area contributed by atoms with Gasteiger partial charge in [0.25, 0.3) is 0 Å². The molecule has 0 fully saturated rings. The molecule has 0 bridgehead atoms. The number of hydrazone groups is 1. The molecule has 28 heavy (non-hydrogen) atoms. The van der Waals surface area contributed by atoms with Crippen LogP contribution in [0.5, 0.6) is 11.5 Å². The molecule has 0 aliphatic rings. The third-order valence-corrected chi connectivity index (χ3v) is 4.81. The Balaban J connectivity index is 1.87. The van der Waals surface area contributed by atoms with Crippen LogP contribution in [-0.4, -0.2) is 26.8 Å². The van der Waals surface area contributed by atoms with Gasteiger partial charge in [-0.2, -0.15) is 5.10 Å². The van der Waals surface area contributed by atoms with Crippen molar-refractivity contribution in [3.05, 3.63) is 60.7 Å². The van der Waals surface area contributed by atoms with E-state index < -0.39 is 28.0 Å². The second-order valence-electron chi connectivity index (χ2n) is 5.67. The van der Waals surface area contributed by atoms with E-state index in [0.29, 0.717) is 15.4 Å². The number of nitrogens with zero attached hydrogens (tertiary/aromatic N) is 2. The molecule has 0 saturated heterocycles. The number of carbonyl (C=O) groups is 1. The molecule has 0 aliphatic heterocycles. The fourth-order valence-electron chi connectivity index (χ4n) is 2.44. The SMILES string of the molecule is C/C(=N\NC(=O)c1cc2cc(Br)cc(Br)c2o1)c1cc([N+](=O)[O-])c(O)cc1O. The first-order valence-corrected chi connectivity index (χ1v) is 9.20. The van der Waals surface area contributed by atoms with Crippen molar-refractivity contribution in [2.24, 2.45) is 5.10 Å². The third-order valence-electron chi connectivity index (χ3n) is 3.76. The smallest absolute Gasteiger partial charge is 0.311 e. The van der Waals surface area contributed by atoms with Gasteiger partial charge in [-0.25, -0.2) is 5.43 Å². The van der Waals surface area contributed by atoms with E-state index in [0.717, 1.165) is 16.6 Å². The number of halogens is 2. The molecule has 3 aromatic rings. The first-order chi connectivity index (χ1) is 13.2. The minimum absolute atomic E-state index is 0.00580. The Morgan fingerprint density at radius 1 is 1.18 bits per heavy atom. The van der Waals surface area contributed by atoms with E-state index in [2.05, 4.69) is 42.4 Å². The maximum Gasteiger partial charge on any atom is 0.311 e. The number of nitrogens with one attached hydrogen (secondary N) is 1. The average Bonchev–Trinajstić information content (AvgIpc) is 3.03. The van der Waals surface area contributed by atoms with Crippen molar-refractivity contribution >= 4 is 60.1 Å². The summed E-state index contributed by atoms with van der Waals surface area (Å²) >= 11 is 6.70. The number of hydrogen-bond acceptors (Lipinski definition) is 7. The summed E-state index contributed by atoms with van der Waals surface area (Å²) in [7, 11) is 0. The van der Waals surface area contributed by atoms with Crippen LogP contribution in [0.1, 0.15) is 23.0 Å². The first kappa shape index (κ1) is 19.8. The van der Waals surface area contributed by atoms with Crippen molar-refractivity contribution in [1.82, 2.24) is 5.43 Å². The Hall–Kier alpha value is -2.92. The van der Waals surface area contributed by atoms with E-state index in [1.54, 1.807) is 12.1 Å². The normalized spacial score (nSPS) is 11.6. The van der Waals surface area contributed by atoms with Gasteiger partial charge in [0.2, 0.25) is 0 Å². The lowest BCUT2D eigenvalue weighted by atomic mass is 10.1. The summed E-state index contributed by atoms with van der Waals surface area (Å²) in [6, 6.07) is 6.89. The van der Waals surface area contributed by atoms with Crippen molar-refractivity contribution in [2.45, 2.75) is 6.92 Å². The molecule has 144 valence electrons. The van der Waals surface area contributed by atoms with Gasteiger partial charge in [0.15, 0.2) is 11.5 Å². The molecular formula is C17H11Br2N3O6. The van der Waals surface area contributed by atoms with Crippen LogP contribution < -0.4 is 5.43 Å². The number of nitro benzene ring substituents is 1. The number of fused-ring (bicyclic) bond motifs is 1. The Morgan fingerprint density at radius 3 is 2.57 bits per heavy atom. The number of phenolic OH excluding ortho intramolecular Hbond substituents is 2. The van der Waals surface area contributed by atoms with Crippen molar-refractivity contribution in [2.75, 3.05) is 0 Å². The number of nitro groups is 1. The maximum absolute atomic E-state index is 12.3. The van der Waals surface area contributed by atoms with Crippen LogP contribution in [0.4, 0.5) is 5.69 Å². The van der Waals surface area contributed by atoms with Crippen LogP contribution >= 0.6 is 31.9 Å². The second-order valence-corrected chi connectivity index (χ2v) is 7.44. The molecule has 0 spiro atoms. The fourth-order valence-corrected chi connectivity index (χ4v) is 3.78. The van der Waals surface area contributed by atoms with Crippen molar-refractivity contribution in [3.63, 3.8) is 0 Å². The lowest BCUT2D eigenvalue weighted by Crippen LogP contribution is -2.18. The third kappa shape index (κ3) is 3.85. The lowest BCUT2D eigenvalue weighted by Gasteiger charge is -2.06.